The first kappa shape index (κ1) is 14.6. The zero-order valence-corrected chi connectivity index (χ0v) is 13.7. The summed E-state index contributed by atoms with van der Waals surface area (Å²) >= 11 is 12.1. The fourth-order valence-corrected chi connectivity index (χ4v) is 3.36. The predicted octanol–water partition coefficient (Wildman–Crippen LogP) is 4.66. The number of hydrogen-bond acceptors (Lipinski definition) is 3. The van der Waals surface area contributed by atoms with Gasteiger partial charge in [0.2, 0.25) is 0 Å². The number of nitrogens with zero attached hydrogens (tertiary/aromatic N) is 1. The van der Waals surface area contributed by atoms with Crippen LogP contribution in [0, 0.1) is 0 Å². The van der Waals surface area contributed by atoms with Crippen LogP contribution in [0.1, 0.15) is 11.3 Å². The number of fused-ring (bicyclic) bond motifs is 2. The molecule has 3 nitrogen and oxygen atoms in total. The monoisotopic (exact) mass is 345 g/mol. The molecule has 23 heavy (non-hydrogen) atoms. The van der Waals surface area contributed by atoms with Crippen LogP contribution in [-0.4, -0.2) is 6.54 Å². The Hall–Kier alpha value is -1.97. The van der Waals surface area contributed by atoms with Gasteiger partial charge in [0.25, 0.3) is 0 Å². The number of benzene rings is 2. The minimum Gasteiger partial charge on any atom is -0.457 e. The molecule has 0 saturated heterocycles. The van der Waals surface area contributed by atoms with Gasteiger partial charge in [0.15, 0.2) is 11.0 Å². The molecule has 0 saturated carbocycles. The molecule has 0 fully saturated rings. The minimum atomic E-state index is 0.0273. The molecule has 0 unspecified atom stereocenters. The summed E-state index contributed by atoms with van der Waals surface area (Å²) in [5.74, 6) is 0.691. The van der Waals surface area contributed by atoms with E-state index >= 15 is 0 Å². The van der Waals surface area contributed by atoms with Crippen molar-refractivity contribution in [2.45, 2.75) is 13.0 Å². The van der Waals surface area contributed by atoms with E-state index in [-0.39, 0.29) is 5.43 Å². The molecule has 0 bridgehead atoms. The molecule has 1 aliphatic rings. The van der Waals surface area contributed by atoms with Crippen molar-refractivity contribution in [3.05, 3.63) is 74.1 Å². The lowest BCUT2D eigenvalue weighted by atomic mass is 10.0. The van der Waals surface area contributed by atoms with Gasteiger partial charge in [0, 0.05) is 22.8 Å². The van der Waals surface area contributed by atoms with Gasteiger partial charge in [-0.25, -0.2) is 0 Å². The zero-order valence-electron chi connectivity index (χ0n) is 12.2. The van der Waals surface area contributed by atoms with Crippen molar-refractivity contribution < 1.29 is 4.42 Å². The van der Waals surface area contributed by atoms with Gasteiger partial charge in [-0.05, 0) is 42.8 Å². The third-order valence-electron chi connectivity index (χ3n) is 4.21. The molecule has 0 radical (unpaired) electrons. The Morgan fingerprint density at radius 3 is 2.61 bits per heavy atom. The maximum atomic E-state index is 12.7. The predicted molar refractivity (Wildman–Crippen MR) is 93.7 cm³/mol. The lowest BCUT2D eigenvalue weighted by Crippen LogP contribution is -2.33. The second-order valence-electron chi connectivity index (χ2n) is 5.60. The van der Waals surface area contributed by atoms with Gasteiger partial charge < -0.3 is 9.32 Å². The Bertz CT molecular complexity index is 948. The van der Waals surface area contributed by atoms with Crippen molar-refractivity contribution in [3.8, 4) is 0 Å². The summed E-state index contributed by atoms with van der Waals surface area (Å²) in [5.41, 5.74) is 2.31. The third kappa shape index (κ3) is 2.50. The van der Waals surface area contributed by atoms with Crippen molar-refractivity contribution in [2.24, 2.45) is 0 Å². The fourth-order valence-electron chi connectivity index (χ4n) is 3.02. The van der Waals surface area contributed by atoms with E-state index in [2.05, 4.69) is 4.90 Å². The van der Waals surface area contributed by atoms with E-state index < -0.39 is 0 Å². The molecule has 5 heteroatoms. The molecular formula is C18H13Cl2NO2. The van der Waals surface area contributed by atoms with Gasteiger partial charge in [-0.1, -0.05) is 29.3 Å². The van der Waals surface area contributed by atoms with E-state index in [0.29, 0.717) is 39.7 Å². The van der Waals surface area contributed by atoms with E-state index in [0.717, 1.165) is 17.8 Å². The van der Waals surface area contributed by atoms with E-state index in [1.54, 1.807) is 18.2 Å². The molecule has 4 rings (SSSR count). The van der Waals surface area contributed by atoms with Crippen LogP contribution < -0.4 is 10.3 Å². The summed E-state index contributed by atoms with van der Waals surface area (Å²) < 4.78 is 5.97. The van der Waals surface area contributed by atoms with Gasteiger partial charge in [-0.2, -0.15) is 0 Å². The Morgan fingerprint density at radius 1 is 1.04 bits per heavy atom. The topological polar surface area (TPSA) is 33.5 Å². The second kappa shape index (κ2) is 5.59. The van der Waals surface area contributed by atoms with Crippen LogP contribution in [-0.2, 0) is 13.0 Å². The molecule has 2 heterocycles. The van der Waals surface area contributed by atoms with E-state index in [1.165, 1.54) is 0 Å². The average Bonchev–Trinajstić information content (AvgIpc) is 2.56. The summed E-state index contributed by atoms with van der Waals surface area (Å²) in [6, 6.07) is 12.9. The molecule has 116 valence electrons. The van der Waals surface area contributed by atoms with Crippen molar-refractivity contribution in [2.75, 3.05) is 11.4 Å². The van der Waals surface area contributed by atoms with E-state index in [4.69, 9.17) is 27.6 Å². The molecule has 1 aliphatic heterocycles. The van der Waals surface area contributed by atoms with Crippen LogP contribution in [0.2, 0.25) is 10.0 Å². The number of rotatable bonds is 1. The Morgan fingerprint density at radius 2 is 1.83 bits per heavy atom. The summed E-state index contributed by atoms with van der Waals surface area (Å²) in [4.78, 5) is 14.8. The Balaban J connectivity index is 1.80. The molecule has 0 spiro atoms. The molecule has 1 aromatic heterocycles. The van der Waals surface area contributed by atoms with Crippen molar-refractivity contribution in [3.63, 3.8) is 0 Å². The second-order valence-corrected chi connectivity index (χ2v) is 6.44. The normalized spacial score (nSPS) is 14.1. The molecule has 2 aromatic carbocycles. The van der Waals surface area contributed by atoms with Gasteiger partial charge >= 0.3 is 0 Å². The first-order valence-corrected chi connectivity index (χ1v) is 8.12. The third-order valence-corrected chi connectivity index (χ3v) is 4.76. The lowest BCUT2D eigenvalue weighted by Gasteiger charge is -2.29. The lowest BCUT2D eigenvalue weighted by molar-refractivity contribution is 0.498. The van der Waals surface area contributed by atoms with Crippen LogP contribution in [0.3, 0.4) is 0 Å². The van der Waals surface area contributed by atoms with Gasteiger partial charge in [-0.15, -0.1) is 0 Å². The first-order chi connectivity index (χ1) is 11.1. The van der Waals surface area contributed by atoms with Gasteiger partial charge in [0.1, 0.15) is 5.76 Å². The summed E-state index contributed by atoms with van der Waals surface area (Å²) in [5, 5.41) is 1.72. The average molecular weight is 346 g/mol. The highest BCUT2D eigenvalue weighted by atomic mass is 35.5. The molecule has 0 aliphatic carbocycles. The van der Waals surface area contributed by atoms with E-state index in [9.17, 15) is 4.79 Å². The fraction of sp³-hybridized carbons (Fsp3) is 0.167. The van der Waals surface area contributed by atoms with Crippen molar-refractivity contribution in [1.82, 2.24) is 0 Å². The number of halogens is 2. The van der Waals surface area contributed by atoms with E-state index in [1.807, 2.05) is 24.3 Å². The number of para-hydroxylation sites is 1. The molecule has 0 amide bonds. The Labute approximate surface area is 143 Å². The number of hydrogen-bond donors (Lipinski definition) is 0. The highest BCUT2D eigenvalue weighted by Crippen LogP contribution is 2.29. The van der Waals surface area contributed by atoms with Gasteiger partial charge in [0.05, 0.1) is 17.0 Å². The highest BCUT2D eigenvalue weighted by molar-refractivity contribution is 6.34. The van der Waals surface area contributed by atoms with Crippen LogP contribution in [0.4, 0.5) is 5.69 Å². The van der Waals surface area contributed by atoms with Crippen LogP contribution in [0.15, 0.2) is 51.7 Å². The summed E-state index contributed by atoms with van der Waals surface area (Å²) in [6.45, 7) is 1.32. The smallest absolute Gasteiger partial charge is 0.196 e. The standard InChI is InChI=1S/C18H13Cl2NO2/c19-11-4-6-12(7-5-11)21-9-8-13-16(10-21)23-18-14(17(13)22)2-1-3-15(18)20/h1-7H,8-10H2. The number of anilines is 1. The quantitative estimate of drug-likeness (QED) is 0.642. The van der Waals surface area contributed by atoms with Crippen molar-refractivity contribution >= 4 is 39.9 Å². The zero-order chi connectivity index (χ0) is 16.0. The SMILES string of the molecule is O=c1c2c(oc3c(Cl)cccc13)CN(c1ccc(Cl)cc1)CC2. The Kier molecular flexibility index (Phi) is 3.55. The van der Waals surface area contributed by atoms with Crippen LogP contribution >= 0.6 is 23.2 Å². The highest BCUT2D eigenvalue weighted by Gasteiger charge is 2.23. The van der Waals surface area contributed by atoms with Crippen LogP contribution in [0.25, 0.3) is 11.0 Å². The molecular weight excluding hydrogens is 333 g/mol. The largest absolute Gasteiger partial charge is 0.457 e. The summed E-state index contributed by atoms with van der Waals surface area (Å²) in [6.07, 6.45) is 0.656. The maximum Gasteiger partial charge on any atom is 0.196 e. The molecule has 0 atom stereocenters. The molecule has 3 aromatic rings. The first-order valence-electron chi connectivity index (χ1n) is 7.37. The minimum absolute atomic E-state index is 0.0273. The van der Waals surface area contributed by atoms with Gasteiger partial charge in [-0.3, -0.25) is 4.79 Å². The molecule has 0 N–H and O–H groups in total. The maximum absolute atomic E-state index is 12.7. The van der Waals surface area contributed by atoms with Crippen molar-refractivity contribution in [1.29, 1.82) is 0 Å². The van der Waals surface area contributed by atoms with Crippen LogP contribution in [0.5, 0.6) is 0 Å². The summed E-state index contributed by atoms with van der Waals surface area (Å²) in [7, 11) is 0.